The van der Waals surface area contributed by atoms with E-state index in [1.807, 2.05) is 18.2 Å². The Morgan fingerprint density at radius 2 is 1.97 bits per heavy atom. The number of nitro groups is 1. The second-order valence-corrected chi connectivity index (χ2v) is 9.33. The Hall–Kier alpha value is -3.63. The number of carbonyl (C=O) groups is 1. The second kappa shape index (κ2) is 11.0. The average molecular weight is 495 g/mol. The number of hydrogen-bond acceptors (Lipinski definition) is 6. The number of hydrogen-bond donors (Lipinski definition) is 2. The first kappa shape index (κ1) is 25.5. The van der Waals surface area contributed by atoms with Crippen LogP contribution in [0.15, 0.2) is 48.5 Å². The molecule has 3 aromatic rings. The van der Waals surface area contributed by atoms with Crippen molar-refractivity contribution in [1.82, 2.24) is 25.5 Å². The standard InChI is InChI=1S/C26H31FN6O3/c1-17-25(33(35)36)18(2)32(30-17)16-19-9-11-20(12-10-19)26(34)31(3)13-5-8-23-15-24(29-28-23)21-6-4-7-22(27)14-21/h4,6-7,9-12,14,23-24,28-29H,5,8,13,15-16H2,1-3H3. The summed E-state index contributed by atoms with van der Waals surface area (Å²) < 4.78 is 15.1. The van der Waals surface area contributed by atoms with Gasteiger partial charge in [0.05, 0.1) is 11.5 Å². The van der Waals surface area contributed by atoms with Gasteiger partial charge in [-0.3, -0.25) is 30.4 Å². The summed E-state index contributed by atoms with van der Waals surface area (Å²) in [7, 11) is 1.79. The van der Waals surface area contributed by atoms with Crippen LogP contribution in [0.25, 0.3) is 0 Å². The van der Waals surface area contributed by atoms with Crippen LogP contribution in [0.1, 0.15) is 58.2 Å². The van der Waals surface area contributed by atoms with Crippen LogP contribution in [-0.4, -0.2) is 45.1 Å². The Morgan fingerprint density at radius 1 is 1.22 bits per heavy atom. The summed E-state index contributed by atoms with van der Waals surface area (Å²) in [5.41, 5.74) is 9.87. The largest absolute Gasteiger partial charge is 0.342 e. The van der Waals surface area contributed by atoms with Gasteiger partial charge in [-0.1, -0.05) is 24.3 Å². The van der Waals surface area contributed by atoms with Crippen LogP contribution in [0.2, 0.25) is 0 Å². The maximum absolute atomic E-state index is 13.5. The molecule has 9 nitrogen and oxygen atoms in total. The molecule has 2 N–H and O–H groups in total. The van der Waals surface area contributed by atoms with Crippen LogP contribution in [-0.2, 0) is 6.54 Å². The van der Waals surface area contributed by atoms with Crippen molar-refractivity contribution in [2.75, 3.05) is 13.6 Å². The van der Waals surface area contributed by atoms with Crippen molar-refractivity contribution in [2.45, 2.75) is 51.7 Å². The maximum Gasteiger partial charge on any atom is 0.312 e. The van der Waals surface area contributed by atoms with Gasteiger partial charge in [-0.15, -0.1) is 0 Å². The number of nitrogens with one attached hydrogen (secondary N) is 2. The van der Waals surface area contributed by atoms with Crippen LogP contribution < -0.4 is 10.9 Å². The topological polar surface area (TPSA) is 105 Å². The fraction of sp³-hybridized carbons (Fsp3) is 0.385. The Kier molecular flexibility index (Phi) is 7.76. The third-order valence-corrected chi connectivity index (χ3v) is 6.68. The van der Waals surface area contributed by atoms with E-state index >= 15 is 0 Å². The van der Waals surface area contributed by atoms with Crippen LogP contribution in [0.3, 0.4) is 0 Å². The molecule has 0 bridgehead atoms. The Bertz CT molecular complexity index is 1240. The summed E-state index contributed by atoms with van der Waals surface area (Å²) in [6.07, 6.45) is 2.59. The fourth-order valence-corrected chi connectivity index (χ4v) is 4.68. The summed E-state index contributed by atoms with van der Waals surface area (Å²) in [4.78, 5) is 25.4. The van der Waals surface area contributed by atoms with Gasteiger partial charge in [0.1, 0.15) is 17.2 Å². The number of aryl methyl sites for hydroxylation is 1. The van der Waals surface area contributed by atoms with Crippen LogP contribution >= 0.6 is 0 Å². The number of nitrogens with zero attached hydrogens (tertiary/aromatic N) is 4. The van der Waals surface area contributed by atoms with Crippen molar-refractivity contribution in [3.63, 3.8) is 0 Å². The van der Waals surface area contributed by atoms with Crippen LogP contribution in [0.5, 0.6) is 0 Å². The molecule has 4 rings (SSSR count). The lowest BCUT2D eigenvalue weighted by Crippen LogP contribution is -2.32. The molecule has 190 valence electrons. The molecule has 1 fully saturated rings. The fourth-order valence-electron chi connectivity index (χ4n) is 4.68. The van der Waals surface area contributed by atoms with E-state index in [1.54, 1.807) is 54.7 Å². The zero-order chi connectivity index (χ0) is 25.8. The minimum Gasteiger partial charge on any atom is -0.342 e. The van der Waals surface area contributed by atoms with Gasteiger partial charge in [0.2, 0.25) is 0 Å². The van der Waals surface area contributed by atoms with Crippen LogP contribution in [0, 0.1) is 29.8 Å². The Labute approximate surface area is 209 Å². The minimum absolute atomic E-state index is 0.0384. The molecule has 2 aromatic carbocycles. The van der Waals surface area contributed by atoms with Gasteiger partial charge >= 0.3 is 5.69 Å². The monoisotopic (exact) mass is 494 g/mol. The lowest BCUT2D eigenvalue weighted by atomic mass is 9.99. The van der Waals surface area contributed by atoms with E-state index in [1.165, 1.54) is 6.07 Å². The predicted molar refractivity (Wildman–Crippen MR) is 134 cm³/mol. The lowest BCUT2D eigenvalue weighted by molar-refractivity contribution is -0.386. The zero-order valence-electron chi connectivity index (χ0n) is 20.7. The summed E-state index contributed by atoms with van der Waals surface area (Å²) >= 11 is 0. The van der Waals surface area contributed by atoms with E-state index in [0.29, 0.717) is 30.0 Å². The molecule has 0 spiro atoms. The third kappa shape index (κ3) is 5.77. The van der Waals surface area contributed by atoms with Gasteiger partial charge in [0.25, 0.3) is 5.91 Å². The molecule has 1 aliphatic heterocycles. The normalized spacial score (nSPS) is 17.3. The molecule has 36 heavy (non-hydrogen) atoms. The molecule has 0 radical (unpaired) electrons. The Balaban J connectivity index is 1.26. The van der Waals surface area contributed by atoms with Gasteiger partial charge in [-0.05, 0) is 68.5 Å². The highest BCUT2D eigenvalue weighted by molar-refractivity contribution is 5.94. The molecule has 1 aliphatic rings. The smallest absolute Gasteiger partial charge is 0.312 e. The second-order valence-electron chi connectivity index (χ2n) is 9.33. The zero-order valence-corrected chi connectivity index (χ0v) is 20.7. The lowest BCUT2D eigenvalue weighted by Gasteiger charge is -2.18. The number of rotatable bonds is 9. The number of aromatic nitrogens is 2. The van der Waals surface area contributed by atoms with E-state index in [9.17, 15) is 19.3 Å². The van der Waals surface area contributed by atoms with E-state index < -0.39 is 4.92 Å². The van der Waals surface area contributed by atoms with Crippen molar-refractivity contribution in [3.05, 3.63) is 92.5 Å². The quantitative estimate of drug-likeness (QED) is 0.343. The van der Waals surface area contributed by atoms with Gasteiger partial charge in [0, 0.05) is 31.2 Å². The van der Waals surface area contributed by atoms with Crippen molar-refractivity contribution in [3.8, 4) is 0 Å². The molecule has 10 heteroatoms. The molecule has 0 aliphatic carbocycles. The molecular weight excluding hydrogens is 463 g/mol. The SMILES string of the molecule is Cc1nn(Cc2ccc(C(=O)N(C)CCCC3CC(c4cccc(F)c4)NN3)cc2)c(C)c1[N+](=O)[O-]. The average Bonchev–Trinajstić information content (AvgIpc) is 3.43. The number of hydrazine groups is 1. The van der Waals surface area contributed by atoms with Crippen molar-refractivity contribution in [2.24, 2.45) is 0 Å². The maximum atomic E-state index is 13.5. The van der Waals surface area contributed by atoms with Gasteiger partial charge in [-0.25, -0.2) is 4.39 Å². The van der Waals surface area contributed by atoms with Gasteiger partial charge in [-0.2, -0.15) is 5.10 Å². The predicted octanol–water partition coefficient (Wildman–Crippen LogP) is 4.06. The summed E-state index contributed by atoms with van der Waals surface area (Å²) in [5.74, 6) is -0.292. The molecule has 1 saturated heterocycles. The molecule has 1 amide bonds. The molecule has 2 unspecified atom stereocenters. The molecule has 2 atom stereocenters. The number of halogens is 1. The van der Waals surface area contributed by atoms with Crippen molar-refractivity contribution in [1.29, 1.82) is 0 Å². The molecular formula is C26H31FN6O3. The summed E-state index contributed by atoms with van der Waals surface area (Å²) in [6, 6.07) is 14.2. The van der Waals surface area contributed by atoms with Crippen molar-refractivity contribution < 1.29 is 14.1 Å². The first-order valence-corrected chi connectivity index (χ1v) is 12.0. The number of carbonyl (C=O) groups excluding carboxylic acids is 1. The third-order valence-electron chi connectivity index (χ3n) is 6.68. The Morgan fingerprint density at radius 3 is 2.64 bits per heavy atom. The van der Waals surface area contributed by atoms with E-state index in [2.05, 4.69) is 16.0 Å². The van der Waals surface area contributed by atoms with Gasteiger partial charge < -0.3 is 4.90 Å². The minimum atomic E-state index is -0.409. The number of benzene rings is 2. The highest BCUT2D eigenvalue weighted by Crippen LogP contribution is 2.25. The van der Waals surface area contributed by atoms with E-state index in [-0.39, 0.29) is 29.5 Å². The van der Waals surface area contributed by atoms with Crippen LogP contribution in [0.4, 0.5) is 10.1 Å². The highest BCUT2D eigenvalue weighted by Gasteiger charge is 2.25. The first-order valence-electron chi connectivity index (χ1n) is 12.0. The molecule has 1 aromatic heterocycles. The van der Waals surface area contributed by atoms with Gasteiger partial charge in [0.15, 0.2) is 0 Å². The number of amides is 1. The molecule has 2 heterocycles. The van der Waals surface area contributed by atoms with E-state index in [0.717, 1.165) is 30.4 Å². The highest BCUT2D eigenvalue weighted by atomic mass is 19.1. The summed E-state index contributed by atoms with van der Waals surface area (Å²) in [5, 5.41) is 15.5. The summed E-state index contributed by atoms with van der Waals surface area (Å²) in [6.45, 7) is 4.33. The molecule has 0 saturated carbocycles. The van der Waals surface area contributed by atoms with E-state index in [4.69, 9.17) is 0 Å². The van der Waals surface area contributed by atoms with Crippen molar-refractivity contribution >= 4 is 11.6 Å². The first-order chi connectivity index (χ1) is 17.2.